The van der Waals surface area contributed by atoms with Crippen molar-refractivity contribution in [2.24, 2.45) is 5.41 Å². The normalized spacial score (nSPS) is 25.0. The molecule has 1 aliphatic carbocycles. The van der Waals surface area contributed by atoms with Crippen molar-refractivity contribution in [3.8, 4) is 0 Å². The molecular weight excluding hydrogens is 352 g/mol. The summed E-state index contributed by atoms with van der Waals surface area (Å²) in [6, 6.07) is 15.5. The fourth-order valence-corrected chi connectivity index (χ4v) is 6.16. The Bertz CT molecular complexity index is 890. The highest BCUT2D eigenvalue weighted by Gasteiger charge is 2.76. The maximum atomic E-state index is 13.2. The molecule has 0 heterocycles. The number of hydrogen-bond donors (Lipinski definition) is 1. The Morgan fingerprint density at radius 2 is 1.73 bits per heavy atom. The van der Waals surface area contributed by atoms with Crippen LogP contribution in [-0.2, 0) is 25.8 Å². The number of ether oxygens (including phenoxy) is 1. The van der Waals surface area contributed by atoms with E-state index in [1.165, 1.54) is 19.2 Å². The summed E-state index contributed by atoms with van der Waals surface area (Å²) in [7, 11) is -2.42. The van der Waals surface area contributed by atoms with Crippen molar-refractivity contribution in [3.05, 3.63) is 65.7 Å². The van der Waals surface area contributed by atoms with E-state index in [4.69, 9.17) is 4.74 Å². The SMILES string of the molecule is CCc1ccc([C@H]2[C@@H](S(=O)(=O)c3ccccc3)[C@@]2(COC)C(=O)O)cc1. The number of aryl methyl sites for hydroxylation is 1. The molecule has 0 unspecified atom stereocenters. The number of sulfone groups is 1. The van der Waals surface area contributed by atoms with Gasteiger partial charge in [0.05, 0.1) is 16.8 Å². The lowest BCUT2D eigenvalue weighted by molar-refractivity contribution is -0.145. The second-order valence-corrected chi connectivity index (χ2v) is 8.70. The number of rotatable bonds is 7. The number of carboxylic acid groups (broad SMARTS) is 1. The van der Waals surface area contributed by atoms with Crippen LogP contribution in [0, 0.1) is 5.41 Å². The quantitative estimate of drug-likeness (QED) is 0.806. The molecule has 5 nitrogen and oxygen atoms in total. The van der Waals surface area contributed by atoms with Crippen molar-refractivity contribution in [2.45, 2.75) is 29.4 Å². The molecule has 1 saturated carbocycles. The third-order valence-electron chi connectivity index (χ3n) is 5.19. The topological polar surface area (TPSA) is 80.7 Å². The van der Waals surface area contributed by atoms with E-state index in [-0.39, 0.29) is 11.5 Å². The summed E-state index contributed by atoms with van der Waals surface area (Å²) in [4.78, 5) is 12.3. The number of hydrogen-bond acceptors (Lipinski definition) is 4. The second kappa shape index (κ2) is 6.85. The first-order valence-electron chi connectivity index (χ1n) is 8.49. The van der Waals surface area contributed by atoms with Crippen LogP contribution in [0.25, 0.3) is 0 Å². The summed E-state index contributed by atoms with van der Waals surface area (Å²) in [6.07, 6.45) is 0.860. The molecule has 1 fully saturated rings. The first-order valence-corrected chi connectivity index (χ1v) is 10.0. The average Bonchev–Trinajstić information content (AvgIpc) is 3.34. The van der Waals surface area contributed by atoms with Crippen molar-refractivity contribution in [3.63, 3.8) is 0 Å². The Labute approximate surface area is 153 Å². The van der Waals surface area contributed by atoms with Crippen LogP contribution >= 0.6 is 0 Å². The van der Waals surface area contributed by atoms with Gasteiger partial charge in [0.15, 0.2) is 9.84 Å². The molecule has 0 aromatic heterocycles. The molecule has 2 aromatic carbocycles. The van der Waals surface area contributed by atoms with E-state index in [1.807, 2.05) is 31.2 Å². The molecule has 1 aliphatic rings. The van der Waals surface area contributed by atoms with Gasteiger partial charge in [0.25, 0.3) is 0 Å². The van der Waals surface area contributed by atoms with Crippen LogP contribution in [0.4, 0.5) is 0 Å². The number of methoxy groups -OCH3 is 1. The van der Waals surface area contributed by atoms with E-state index < -0.39 is 32.4 Å². The standard InChI is InChI=1S/C20H22O5S/c1-3-14-9-11-15(12-10-14)17-18(20(17,13-25-2)19(21)22)26(23,24)16-7-5-4-6-8-16/h4-12,17-18H,3,13H2,1-2H3,(H,21,22)/t17-,18+,20-/m0/s1. The average molecular weight is 374 g/mol. The Morgan fingerprint density at radius 1 is 1.12 bits per heavy atom. The summed E-state index contributed by atoms with van der Waals surface area (Å²) in [5, 5.41) is 8.85. The highest BCUT2D eigenvalue weighted by Crippen LogP contribution is 2.64. The first-order chi connectivity index (χ1) is 12.4. The maximum Gasteiger partial charge on any atom is 0.314 e. The third-order valence-corrected chi connectivity index (χ3v) is 7.48. The Kier molecular flexibility index (Phi) is 4.90. The molecule has 3 rings (SSSR count). The van der Waals surface area contributed by atoms with Gasteiger partial charge in [-0.25, -0.2) is 8.42 Å². The van der Waals surface area contributed by atoms with Crippen LogP contribution in [0.5, 0.6) is 0 Å². The van der Waals surface area contributed by atoms with Crippen molar-refractivity contribution < 1.29 is 23.1 Å². The van der Waals surface area contributed by atoms with Gasteiger partial charge in [-0.2, -0.15) is 0 Å². The van der Waals surface area contributed by atoms with Crippen molar-refractivity contribution in [1.82, 2.24) is 0 Å². The number of benzene rings is 2. The molecule has 0 saturated heterocycles. The van der Waals surface area contributed by atoms with Crippen molar-refractivity contribution in [2.75, 3.05) is 13.7 Å². The molecule has 6 heteroatoms. The van der Waals surface area contributed by atoms with E-state index in [0.29, 0.717) is 5.56 Å². The minimum atomic E-state index is -3.81. The smallest absolute Gasteiger partial charge is 0.314 e. The number of carbonyl (C=O) groups is 1. The largest absolute Gasteiger partial charge is 0.481 e. The van der Waals surface area contributed by atoms with Gasteiger partial charge in [-0.15, -0.1) is 0 Å². The summed E-state index contributed by atoms with van der Waals surface area (Å²) < 4.78 is 31.5. The van der Waals surface area contributed by atoms with Gasteiger partial charge >= 0.3 is 5.97 Å². The van der Waals surface area contributed by atoms with Crippen LogP contribution in [0.15, 0.2) is 59.5 Å². The zero-order chi connectivity index (χ0) is 18.9. The predicted molar refractivity (Wildman–Crippen MR) is 97.9 cm³/mol. The van der Waals surface area contributed by atoms with E-state index in [2.05, 4.69) is 0 Å². The lowest BCUT2D eigenvalue weighted by atomic mass is 9.99. The molecule has 1 N–H and O–H groups in total. The van der Waals surface area contributed by atoms with Crippen LogP contribution in [0.3, 0.4) is 0 Å². The lowest BCUT2D eigenvalue weighted by Crippen LogP contribution is -2.28. The van der Waals surface area contributed by atoms with Gasteiger partial charge in [0.2, 0.25) is 0 Å². The summed E-state index contributed by atoms with van der Waals surface area (Å²) in [5.74, 6) is -1.79. The van der Waals surface area contributed by atoms with Gasteiger partial charge in [0, 0.05) is 13.0 Å². The molecule has 0 aliphatic heterocycles. The van der Waals surface area contributed by atoms with Crippen LogP contribution < -0.4 is 0 Å². The van der Waals surface area contributed by atoms with Crippen LogP contribution in [0.1, 0.15) is 24.0 Å². The number of carboxylic acids is 1. The lowest BCUT2D eigenvalue weighted by Gasteiger charge is -2.12. The van der Waals surface area contributed by atoms with Crippen molar-refractivity contribution >= 4 is 15.8 Å². The maximum absolute atomic E-state index is 13.2. The molecule has 0 radical (unpaired) electrons. The van der Waals surface area contributed by atoms with Gasteiger partial charge < -0.3 is 9.84 Å². The van der Waals surface area contributed by atoms with Gasteiger partial charge in [-0.3, -0.25) is 4.79 Å². The van der Waals surface area contributed by atoms with Crippen LogP contribution in [0.2, 0.25) is 0 Å². The van der Waals surface area contributed by atoms with Gasteiger partial charge in [0.1, 0.15) is 5.41 Å². The minimum Gasteiger partial charge on any atom is -0.481 e. The predicted octanol–water partition coefficient (Wildman–Crippen LogP) is 2.91. The Morgan fingerprint density at radius 3 is 2.23 bits per heavy atom. The zero-order valence-electron chi connectivity index (χ0n) is 14.8. The zero-order valence-corrected chi connectivity index (χ0v) is 15.6. The van der Waals surface area contributed by atoms with E-state index in [9.17, 15) is 18.3 Å². The summed E-state index contributed by atoms with van der Waals surface area (Å²) in [5.41, 5.74) is 0.354. The van der Waals surface area contributed by atoms with E-state index >= 15 is 0 Å². The molecule has 138 valence electrons. The second-order valence-electron chi connectivity index (χ2n) is 6.63. The van der Waals surface area contributed by atoms with Gasteiger partial charge in [-0.1, -0.05) is 49.4 Å². The summed E-state index contributed by atoms with van der Waals surface area (Å²) in [6.45, 7) is 1.88. The highest BCUT2D eigenvalue weighted by molar-refractivity contribution is 7.92. The molecule has 2 aromatic rings. The Balaban J connectivity index is 2.09. The molecular formula is C20H22O5S. The minimum absolute atomic E-state index is 0.138. The third kappa shape index (κ3) is 2.83. The highest BCUT2D eigenvalue weighted by atomic mass is 32.2. The number of aliphatic carboxylic acids is 1. The molecule has 0 bridgehead atoms. The van der Waals surface area contributed by atoms with Crippen molar-refractivity contribution in [1.29, 1.82) is 0 Å². The molecule has 26 heavy (non-hydrogen) atoms. The molecule has 0 amide bonds. The monoisotopic (exact) mass is 374 g/mol. The molecule has 3 atom stereocenters. The fraction of sp³-hybridized carbons (Fsp3) is 0.350. The van der Waals surface area contributed by atoms with E-state index in [0.717, 1.165) is 12.0 Å². The molecule has 0 spiro atoms. The summed E-state index contributed by atoms with van der Waals surface area (Å²) >= 11 is 0. The fourth-order valence-electron chi connectivity index (χ4n) is 3.78. The first kappa shape index (κ1) is 18.6. The van der Waals surface area contributed by atoms with Crippen LogP contribution in [-0.4, -0.2) is 38.5 Å². The van der Waals surface area contributed by atoms with Gasteiger partial charge in [-0.05, 0) is 29.7 Å². The Hall–Kier alpha value is -2.18. The van der Waals surface area contributed by atoms with E-state index in [1.54, 1.807) is 18.2 Å².